The zero-order valence-electron chi connectivity index (χ0n) is 13.2. The van der Waals surface area contributed by atoms with Crippen LogP contribution in [0.1, 0.15) is 51.8 Å². The van der Waals surface area contributed by atoms with Crippen LogP contribution in [0.25, 0.3) is 0 Å². The van der Waals surface area contributed by atoms with Gasteiger partial charge in [-0.1, -0.05) is 26.7 Å². The molecule has 20 heavy (non-hydrogen) atoms. The molecule has 2 atom stereocenters. The van der Waals surface area contributed by atoms with Crippen LogP contribution in [-0.4, -0.2) is 38.3 Å². The minimum absolute atomic E-state index is 0.152. The summed E-state index contributed by atoms with van der Waals surface area (Å²) in [6.07, 6.45) is 7.84. The van der Waals surface area contributed by atoms with E-state index in [4.69, 9.17) is 5.73 Å². The van der Waals surface area contributed by atoms with Gasteiger partial charge in [-0.15, -0.1) is 0 Å². The molecule has 2 unspecified atom stereocenters. The molecule has 1 heterocycles. The molecular formula is C15H29N5. The predicted molar refractivity (Wildman–Crippen MR) is 81.1 cm³/mol. The van der Waals surface area contributed by atoms with Crippen molar-refractivity contribution in [2.45, 2.75) is 58.0 Å². The Labute approximate surface area is 122 Å². The monoisotopic (exact) mass is 279 g/mol. The summed E-state index contributed by atoms with van der Waals surface area (Å²) in [7, 11) is 1.96. The largest absolute Gasteiger partial charge is 0.329 e. The van der Waals surface area contributed by atoms with Crippen LogP contribution in [0.5, 0.6) is 0 Å². The van der Waals surface area contributed by atoms with Gasteiger partial charge in [0.25, 0.3) is 0 Å². The molecule has 2 rings (SSSR count). The number of hydrogen-bond acceptors (Lipinski definition) is 4. The molecular weight excluding hydrogens is 250 g/mol. The van der Waals surface area contributed by atoms with Crippen LogP contribution in [0, 0.1) is 5.92 Å². The summed E-state index contributed by atoms with van der Waals surface area (Å²) >= 11 is 0. The minimum atomic E-state index is 0.152. The summed E-state index contributed by atoms with van der Waals surface area (Å²) in [6, 6.07) is 0. The zero-order valence-corrected chi connectivity index (χ0v) is 13.2. The lowest BCUT2D eigenvalue weighted by Gasteiger charge is -2.47. The van der Waals surface area contributed by atoms with E-state index < -0.39 is 0 Å². The van der Waals surface area contributed by atoms with Gasteiger partial charge in [0.1, 0.15) is 12.2 Å². The average Bonchev–Trinajstić information content (AvgIpc) is 2.84. The molecule has 0 spiro atoms. The average molecular weight is 279 g/mol. The third-order valence-electron chi connectivity index (χ3n) is 4.75. The number of rotatable bonds is 6. The molecule has 5 nitrogen and oxygen atoms in total. The van der Waals surface area contributed by atoms with E-state index in [1.54, 1.807) is 6.33 Å². The third kappa shape index (κ3) is 3.20. The van der Waals surface area contributed by atoms with Gasteiger partial charge in [-0.3, -0.25) is 9.58 Å². The van der Waals surface area contributed by atoms with E-state index in [2.05, 4.69) is 28.8 Å². The first-order chi connectivity index (χ1) is 9.61. The number of aryl methyl sites for hydroxylation is 1. The van der Waals surface area contributed by atoms with Crippen LogP contribution in [-0.2, 0) is 13.6 Å². The lowest BCUT2D eigenvalue weighted by atomic mass is 9.75. The van der Waals surface area contributed by atoms with Crippen molar-refractivity contribution in [1.29, 1.82) is 0 Å². The quantitative estimate of drug-likeness (QED) is 0.864. The van der Waals surface area contributed by atoms with Crippen LogP contribution in [0.15, 0.2) is 6.33 Å². The number of nitrogens with two attached hydrogens (primary N) is 1. The van der Waals surface area contributed by atoms with E-state index >= 15 is 0 Å². The summed E-state index contributed by atoms with van der Waals surface area (Å²) in [5.74, 6) is 1.80. The standard InChI is InChI=1S/C15H29N5/c1-4-8-20(10-14-17-12-18-19(14)3)15(11-16)7-5-6-13(2)9-15/h12-13H,4-11,16H2,1-3H3. The number of nitrogens with zero attached hydrogens (tertiary/aromatic N) is 4. The molecule has 1 fully saturated rings. The van der Waals surface area contributed by atoms with Crippen molar-refractivity contribution in [1.82, 2.24) is 19.7 Å². The van der Waals surface area contributed by atoms with E-state index in [1.807, 2.05) is 11.7 Å². The first-order valence-corrected chi connectivity index (χ1v) is 7.89. The van der Waals surface area contributed by atoms with Crippen molar-refractivity contribution in [3.05, 3.63) is 12.2 Å². The molecule has 1 saturated carbocycles. The van der Waals surface area contributed by atoms with Crippen molar-refractivity contribution in [3.63, 3.8) is 0 Å². The van der Waals surface area contributed by atoms with Gasteiger partial charge in [-0.2, -0.15) is 5.10 Å². The molecule has 0 aliphatic heterocycles. The Morgan fingerprint density at radius 1 is 1.55 bits per heavy atom. The Bertz CT molecular complexity index is 416. The number of hydrogen-bond donors (Lipinski definition) is 1. The Morgan fingerprint density at radius 2 is 2.35 bits per heavy atom. The summed E-state index contributed by atoms with van der Waals surface area (Å²) in [5, 5.41) is 4.19. The first-order valence-electron chi connectivity index (χ1n) is 7.89. The van der Waals surface area contributed by atoms with Crippen molar-refractivity contribution < 1.29 is 0 Å². The first kappa shape index (κ1) is 15.4. The molecule has 0 amide bonds. The van der Waals surface area contributed by atoms with Crippen LogP contribution in [0.3, 0.4) is 0 Å². The topological polar surface area (TPSA) is 60.0 Å². The van der Waals surface area contributed by atoms with Gasteiger partial charge in [0.2, 0.25) is 0 Å². The predicted octanol–water partition coefficient (Wildman–Crippen LogP) is 1.93. The molecule has 0 radical (unpaired) electrons. The molecule has 1 aromatic rings. The van der Waals surface area contributed by atoms with Gasteiger partial charge in [-0.25, -0.2) is 4.98 Å². The molecule has 0 aromatic carbocycles. The van der Waals surface area contributed by atoms with E-state index in [9.17, 15) is 0 Å². The van der Waals surface area contributed by atoms with E-state index in [-0.39, 0.29) is 5.54 Å². The van der Waals surface area contributed by atoms with Crippen LogP contribution < -0.4 is 5.73 Å². The second kappa shape index (κ2) is 6.68. The minimum Gasteiger partial charge on any atom is -0.329 e. The molecule has 114 valence electrons. The van der Waals surface area contributed by atoms with Crippen molar-refractivity contribution in [2.75, 3.05) is 13.1 Å². The van der Waals surface area contributed by atoms with E-state index in [0.717, 1.165) is 37.8 Å². The van der Waals surface area contributed by atoms with Gasteiger partial charge in [0.05, 0.1) is 6.54 Å². The fraction of sp³-hybridized carbons (Fsp3) is 0.867. The summed E-state index contributed by atoms with van der Waals surface area (Å²) in [4.78, 5) is 6.95. The SMILES string of the molecule is CCCN(Cc1ncnn1C)C1(CN)CCCC(C)C1. The zero-order chi connectivity index (χ0) is 14.6. The van der Waals surface area contributed by atoms with Crippen molar-refractivity contribution >= 4 is 0 Å². The fourth-order valence-corrected chi connectivity index (χ4v) is 3.62. The van der Waals surface area contributed by atoms with Crippen molar-refractivity contribution in [2.24, 2.45) is 18.7 Å². The maximum atomic E-state index is 6.21. The highest BCUT2D eigenvalue weighted by molar-refractivity contribution is 4.98. The van der Waals surface area contributed by atoms with Gasteiger partial charge >= 0.3 is 0 Å². The normalized spacial score (nSPS) is 27.1. The molecule has 2 N–H and O–H groups in total. The fourth-order valence-electron chi connectivity index (χ4n) is 3.62. The van der Waals surface area contributed by atoms with Crippen LogP contribution >= 0.6 is 0 Å². The second-order valence-electron chi connectivity index (χ2n) is 6.35. The van der Waals surface area contributed by atoms with E-state index in [1.165, 1.54) is 25.7 Å². The highest BCUT2D eigenvalue weighted by Gasteiger charge is 2.39. The number of aromatic nitrogens is 3. The van der Waals surface area contributed by atoms with Gasteiger partial charge in [0, 0.05) is 19.1 Å². The smallest absolute Gasteiger partial charge is 0.140 e. The highest BCUT2D eigenvalue weighted by atomic mass is 15.3. The van der Waals surface area contributed by atoms with E-state index in [0.29, 0.717) is 0 Å². The Balaban J connectivity index is 2.18. The van der Waals surface area contributed by atoms with Gasteiger partial charge in [0.15, 0.2) is 0 Å². The molecule has 1 aromatic heterocycles. The lowest BCUT2D eigenvalue weighted by Crippen LogP contribution is -2.56. The Morgan fingerprint density at radius 3 is 2.90 bits per heavy atom. The summed E-state index contributed by atoms with van der Waals surface area (Å²) in [6.45, 7) is 7.27. The van der Waals surface area contributed by atoms with Crippen LogP contribution in [0.2, 0.25) is 0 Å². The molecule has 5 heteroatoms. The summed E-state index contributed by atoms with van der Waals surface area (Å²) < 4.78 is 1.87. The molecule has 0 bridgehead atoms. The Kier molecular flexibility index (Phi) is 5.16. The molecule has 1 aliphatic carbocycles. The van der Waals surface area contributed by atoms with Gasteiger partial charge in [-0.05, 0) is 31.7 Å². The second-order valence-corrected chi connectivity index (χ2v) is 6.35. The van der Waals surface area contributed by atoms with Crippen molar-refractivity contribution in [3.8, 4) is 0 Å². The molecule has 1 aliphatic rings. The maximum Gasteiger partial charge on any atom is 0.140 e. The lowest BCUT2D eigenvalue weighted by molar-refractivity contribution is 0.0294. The maximum absolute atomic E-state index is 6.21. The summed E-state index contributed by atoms with van der Waals surface area (Å²) in [5.41, 5.74) is 6.37. The third-order valence-corrected chi connectivity index (χ3v) is 4.75. The van der Waals surface area contributed by atoms with Crippen LogP contribution in [0.4, 0.5) is 0 Å². The van der Waals surface area contributed by atoms with Gasteiger partial charge < -0.3 is 5.73 Å². The molecule has 0 saturated heterocycles. The highest BCUT2D eigenvalue weighted by Crippen LogP contribution is 2.37. The Hall–Kier alpha value is -0.940.